The number of benzene rings is 2. The average molecular weight is 366 g/mol. The Hall–Kier alpha value is -2.70. The van der Waals surface area contributed by atoms with Crippen LogP contribution in [0.2, 0.25) is 0 Å². The molecular weight excluding hydrogens is 340 g/mol. The Morgan fingerprint density at radius 2 is 1.70 bits per heavy atom. The summed E-state index contributed by atoms with van der Waals surface area (Å²) in [5.74, 6) is 0.707. The molecule has 0 spiro atoms. The predicted molar refractivity (Wildman–Crippen MR) is 107 cm³/mol. The molecule has 1 fully saturated rings. The molecule has 2 aromatic rings. The molecule has 0 bridgehead atoms. The second kappa shape index (κ2) is 9.85. The highest BCUT2D eigenvalue weighted by Gasteiger charge is 2.18. The van der Waals surface area contributed by atoms with Crippen LogP contribution in [0.15, 0.2) is 59.7 Å². The lowest BCUT2D eigenvalue weighted by atomic mass is 10.2. The van der Waals surface area contributed by atoms with Crippen LogP contribution in [0.25, 0.3) is 0 Å². The van der Waals surface area contributed by atoms with Crippen LogP contribution < -0.4 is 10.2 Å². The standard InChI is InChI=1S/C21H26N4O2/c1-27-20-9-7-18(8-10-20)15-22-23-21(26)17-25-13-11-24(12-14-25)16-19-5-3-2-4-6-19/h2-10,15H,11-14,16-17H2,1H3,(H,23,26)/b22-15-. The molecule has 1 N–H and O–H groups in total. The number of carbonyl (C=O) groups excluding carboxylic acids is 1. The number of hydrogen-bond donors (Lipinski definition) is 1. The van der Waals surface area contributed by atoms with Crippen molar-refractivity contribution in [3.8, 4) is 5.75 Å². The molecule has 0 unspecified atom stereocenters. The first kappa shape index (κ1) is 19.1. The number of carbonyl (C=O) groups is 1. The van der Waals surface area contributed by atoms with Crippen LogP contribution in [-0.4, -0.2) is 61.8 Å². The van der Waals surface area contributed by atoms with Gasteiger partial charge in [0.15, 0.2) is 0 Å². The number of piperazine rings is 1. The van der Waals surface area contributed by atoms with Crippen molar-refractivity contribution in [3.63, 3.8) is 0 Å². The summed E-state index contributed by atoms with van der Waals surface area (Å²) in [7, 11) is 1.63. The third-order valence-electron chi connectivity index (χ3n) is 4.60. The number of hydrogen-bond acceptors (Lipinski definition) is 5. The molecule has 2 aromatic carbocycles. The van der Waals surface area contributed by atoms with Crippen molar-refractivity contribution >= 4 is 12.1 Å². The molecule has 6 heteroatoms. The van der Waals surface area contributed by atoms with Crippen molar-refractivity contribution < 1.29 is 9.53 Å². The number of rotatable bonds is 7. The van der Waals surface area contributed by atoms with Gasteiger partial charge in [0.05, 0.1) is 19.9 Å². The molecule has 0 atom stereocenters. The van der Waals surface area contributed by atoms with E-state index in [4.69, 9.17) is 4.74 Å². The zero-order chi connectivity index (χ0) is 18.9. The SMILES string of the molecule is COc1ccc(/C=N\NC(=O)CN2CCN(Cc3ccccc3)CC2)cc1. The van der Waals surface area contributed by atoms with Crippen LogP contribution in [-0.2, 0) is 11.3 Å². The highest BCUT2D eigenvalue weighted by molar-refractivity contribution is 5.83. The highest BCUT2D eigenvalue weighted by Crippen LogP contribution is 2.10. The summed E-state index contributed by atoms with van der Waals surface area (Å²) in [5.41, 5.74) is 4.84. The predicted octanol–water partition coefficient (Wildman–Crippen LogP) is 1.96. The van der Waals surface area contributed by atoms with E-state index >= 15 is 0 Å². The van der Waals surface area contributed by atoms with Crippen molar-refractivity contribution in [2.75, 3.05) is 39.8 Å². The Labute approximate surface area is 160 Å². The Morgan fingerprint density at radius 3 is 2.37 bits per heavy atom. The molecule has 1 saturated heterocycles. The minimum atomic E-state index is -0.0868. The van der Waals surface area contributed by atoms with Crippen molar-refractivity contribution in [2.45, 2.75) is 6.54 Å². The van der Waals surface area contributed by atoms with Crippen LogP contribution in [0.1, 0.15) is 11.1 Å². The molecule has 6 nitrogen and oxygen atoms in total. The van der Waals surface area contributed by atoms with E-state index in [1.165, 1.54) is 5.56 Å². The molecule has 142 valence electrons. The van der Waals surface area contributed by atoms with Crippen molar-refractivity contribution in [2.24, 2.45) is 5.10 Å². The zero-order valence-electron chi connectivity index (χ0n) is 15.7. The van der Waals surface area contributed by atoms with Crippen LogP contribution in [0.5, 0.6) is 5.75 Å². The quantitative estimate of drug-likeness (QED) is 0.601. The van der Waals surface area contributed by atoms with E-state index in [9.17, 15) is 4.79 Å². The fourth-order valence-electron chi connectivity index (χ4n) is 3.05. The summed E-state index contributed by atoms with van der Waals surface area (Å²) in [4.78, 5) is 16.7. The molecule has 27 heavy (non-hydrogen) atoms. The number of methoxy groups -OCH3 is 1. The second-order valence-corrected chi connectivity index (χ2v) is 6.60. The maximum atomic E-state index is 12.1. The van der Waals surface area contributed by atoms with Crippen molar-refractivity contribution in [1.82, 2.24) is 15.2 Å². The van der Waals surface area contributed by atoms with E-state index in [1.807, 2.05) is 30.3 Å². The largest absolute Gasteiger partial charge is 0.497 e. The molecular formula is C21H26N4O2. The summed E-state index contributed by atoms with van der Waals surface area (Å²) >= 11 is 0. The minimum Gasteiger partial charge on any atom is -0.497 e. The van der Waals surface area contributed by atoms with Gasteiger partial charge in [0, 0.05) is 32.7 Å². The molecule has 0 aromatic heterocycles. The Morgan fingerprint density at radius 1 is 1.04 bits per heavy atom. The number of ether oxygens (including phenoxy) is 1. The summed E-state index contributed by atoms with van der Waals surface area (Å²) in [6, 6.07) is 18.0. The molecule has 1 aliphatic rings. The van der Waals surface area contributed by atoms with E-state index in [0.717, 1.165) is 44.0 Å². The summed E-state index contributed by atoms with van der Waals surface area (Å²) in [6.45, 7) is 5.06. The lowest BCUT2D eigenvalue weighted by Gasteiger charge is -2.34. The molecule has 1 heterocycles. The summed E-state index contributed by atoms with van der Waals surface area (Å²) < 4.78 is 5.11. The van der Waals surface area contributed by atoms with E-state index in [2.05, 4.69) is 44.6 Å². The van der Waals surface area contributed by atoms with Gasteiger partial charge in [-0.2, -0.15) is 5.10 Å². The van der Waals surface area contributed by atoms with Gasteiger partial charge in [-0.3, -0.25) is 14.6 Å². The van der Waals surface area contributed by atoms with Gasteiger partial charge in [-0.15, -0.1) is 0 Å². The van der Waals surface area contributed by atoms with Crippen molar-refractivity contribution in [3.05, 3.63) is 65.7 Å². The van der Waals surface area contributed by atoms with E-state index in [-0.39, 0.29) is 5.91 Å². The van der Waals surface area contributed by atoms with Gasteiger partial charge < -0.3 is 4.74 Å². The molecule has 1 aliphatic heterocycles. The van der Waals surface area contributed by atoms with Gasteiger partial charge in [0.25, 0.3) is 5.91 Å². The molecule has 0 aliphatic carbocycles. The van der Waals surface area contributed by atoms with Gasteiger partial charge in [-0.1, -0.05) is 30.3 Å². The van der Waals surface area contributed by atoms with Crippen molar-refractivity contribution in [1.29, 1.82) is 0 Å². The number of amides is 1. The number of nitrogens with zero attached hydrogens (tertiary/aromatic N) is 3. The number of hydrazone groups is 1. The van der Waals surface area contributed by atoms with Gasteiger partial charge in [0.2, 0.25) is 0 Å². The van der Waals surface area contributed by atoms with Gasteiger partial charge >= 0.3 is 0 Å². The third-order valence-corrected chi connectivity index (χ3v) is 4.60. The minimum absolute atomic E-state index is 0.0868. The van der Waals surface area contributed by atoms with Crippen LogP contribution in [0, 0.1) is 0 Å². The molecule has 0 saturated carbocycles. The third kappa shape index (κ3) is 6.20. The molecule has 1 amide bonds. The van der Waals surface area contributed by atoms with Gasteiger partial charge in [-0.05, 0) is 35.4 Å². The van der Waals surface area contributed by atoms with E-state index < -0.39 is 0 Å². The lowest BCUT2D eigenvalue weighted by Crippen LogP contribution is -2.48. The number of nitrogens with one attached hydrogen (secondary N) is 1. The Balaban J connectivity index is 1.37. The second-order valence-electron chi connectivity index (χ2n) is 6.60. The van der Waals surface area contributed by atoms with E-state index in [0.29, 0.717) is 6.54 Å². The molecule has 0 radical (unpaired) electrons. The fraction of sp³-hybridized carbons (Fsp3) is 0.333. The summed E-state index contributed by atoms with van der Waals surface area (Å²) in [6.07, 6.45) is 1.63. The van der Waals surface area contributed by atoms with E-state index in [1.54, 1.807) is 13.3 Å². The van der Waals surface area contributed by atoms with Gasteiger partial charge in [-0.25, -0.2) is 5.43 Å². The van der Waals surface area contributed by atoms with Gasteiger partial charge in [0.1, 0.15) is 5.75 Å². The summed E-state index contributed by atoms with van der Waals surface area (Å²) in [5, 5.41) is 4.03. The maximum absolute atomic E-state index is 12.1. The smallest absolute Gasteiger partial charge is 0.254 e. The first-order valence-electron chi connectivity index (χ1n) is 9.17. The van der Waals surface area contributed by atoms with Crippen LogP contribution >= 0.6 is 0 Å². The first-order chi connectivity index (χ1) is 13.2. The Kier molecular flexibility index (Phi) is 6.96. The zero-order valence-corrected chi connectivity index (χ0v) is 15.7. The normalized spacial score (nSPS) is 15.7. The monoisotopic (exact) mass is 366 g/mol. The topological polar surface area (TPSA) is 57.2 Å². The fourth-order valence-corrected chi connectivity index (χ4v) is 3.05. The van der Waals surface area contributed by atoms with Crippen LogP contribution in [0.3, 0.4) is 0 Å². The lowest BCUT2D eigenvalue weighted by molar-refractivity contribution is -0.122. The maximum Gasteiger partial charge on any atom is 0.254 e. The molecule has 3 rings (SSSR count). The highest BCUT2D eigenvalue weighted by atomic mass is 16.5. The van der Waals surface area contributed by atoms with Crippen LogP contribution in [0.4, 0.5) is 0 Å². The Bertz CT molecular complexity index is 739. The average Bonchev–Trinajstić information content (AvgIpc) is 2.71. The first-order valence-corrected chi connectivity index (χ1v) is 9.17.